The summed E-state index contributed by atoms with van der Waals surface area (Å²) in [6.07, 6.45) is 8.60. The molecule has 2 aromatic rings. The van der Waals surface area contributed by atoms with Crippen molar-refractivity contribution in [2.75, 3.05) is 6.54 Å². The minimum absolute atomic E-state index is 0.0554. The normalized spacial score (nSPS) is 17.7. The van der Waals surface area contributed by atoms with Gasteiger partial charge in [-0.1, -0.05) is 67.7 Å². The molecule has 6 heteroatoms. The summed E-state index contributed by atoms with van der Waals surface area (Å²) in [6.45, 7) is 2.35. The predicted octanol–water partition coefficient (Wildman–Crippen LogP) is 4.76. The van der Waals surface area contributed by atoms with E-state index in [0.29, 0.717) is 17.8 Å². The Morgan fingerprint density at radius 2 is 2.03 bits per heavy atom. The molecule has 3 rings (SSSR count). The average molecular weight is 466 g/mol. The molecule has 1 aromatic heterocycles. The standard InChI is InChI=1S/C27H31NO4S/c1-20(8-5-6-11-21-9-3-2-4-10-21)24(29)16-13-22-14-18-26(30)28(22)19-7-12-23-15-17-25(33-23)27(31)32/h2-4,9-10,13,15-17,20,22,24,29H,5-6,8,11,14,18-19H2,1H3,(H,31,32)/b16-13+/t20-,22-,24+/m0/s1. The summed E-state index contributed by atoms with van der Waals surface area (Å²) in [5.41, 5.74) is 1.35. The fraction of sp³-hybridized carbons (Fsp3) is 0.407. The van der Waals surface area contributed by atoms with Gasteiger partial charge in [-0.05, 0) is 49.3 Å². The number of aliphatic hydroxyl groups excluding tert-OH is 1. The van der Waals surface area contributed by atoms with Gasteiger partial charge in [-0.2, -0.15) is 0 Å². The fourth-order valence-electron chi connectivity index (χ4n) is 3.94. The predicted molar refractivity (Wildman–Crippen MR) is 131 cm³/mol. The molecule has 3 atom stereocenters. The summed E-state index contributed by atoms with van der Waals surface area (Å²) in [5.74, 6) is 5.19. The topological polar surface area (TPSA) is 77.8 Å². The second-order valence-corrected chi connectivity index (χ2v) is 9.57. The largest absolute Gasteiger partial charge is 0.477 e. The van der Waals surface area contributed by atoms with Crippen LogP contribution in [0.15, 0.2) is 54.6 Å². The molecule has 33 heavy (non-hydrogen) atoms. The molecule has 1 saturated heterocycles. The number of benzene rings is 1. The SMILES string of the molecule is C[C@@H](CCCCc1ccccc1)[C@H](O)/C=C/[C@H]1CCC(=O)N1CC#Cc1ccc(C(=O)O)s1. The van der Waals surface area contributed by atoms with E-state index in [0.717, 1.165) is 43.4 Å². The van der Waals surface area contributed by atoms with E-state index in [1.54, 1.807) is 11.0 Å². The van der Waals surface area contributed by atoms with E-state index in [-0.39, 0.29) is 22.7 Å². The summed E-state index contributed by atoms with van der Waals surface area (Å²) in [4.78, 5) is 25.9. The van der Waals surface area contributed by atoms with Gasteiger partial charge in [-0.15, -0.1) is 11.3 Å². The first-order chi connectivity index (χ1) is 15.9. The number of aryl methyl sites for hydroxylation is 1. The van der Waals surface area contributed by atoms with Crippen LogP contribution in [0.2, 0.25) is 0 Å². The van der Waals surface area contributed by atoms with E-state index in [1.165, 1.54) is 11.6 Å². The maximum atomic E-state index is 12.3. The van der Waals surface area contributed by atoms with Crippen LogP contribution in [0, 0.1) is 17.8 Å². The molecule has 1 aliphatic rings. The molecule has 0 spiro atoms. The Morgan fingerprint density at radius 1 is 1.24 bits per heavy atom. The number of hydrogen-bond acceptors (Lipinski definition) is 4. The molecule has 0 saturated carbocycles. The lowest BCUT2D eigenvalue weighted by Crippen LogP contribution is -2.32. The molecule has 1 amide bonds. The number of carboxylic acids is 1. The first kappa shape index (κ1) is 24.8. The molecule has 1 aromatic carbocycles. The highest BCUT2D eigenvalue weighted by Gasteiger charge is 2.28. The summed E-state index contributed by atoms with van der Waals surface area (Å²) >= 11 is 1.13. The van der Waals surface area contributed by atoms with E-state index in [1.807, 2.05) is 18.2 Å². The molecule has 2 N–H and O–H groups in total. The highest BCUT2D eigenvalue weighted by atomic mass is 32.1. The summed E-state index contributed by atoms with van der Waals surface area (Å²) < 4.78 is 0. The highest BCUT2D eigenvalue weighted by Crippen LogP contribution is 2.21. The van der Waals surface area contributed by atoms with Crippen molar-refractivity contribution in [2.45, 2.75) is 57.6 Å². The molecule has 0 bridgehead atoms. The van der Waals surface area contributed by atoms with Crippen molar-refractivity contribution < 1.29 is 19.8 Å². The van der Waals surface area contributed by atoms with Crippen molar-refractivity contribution in [2.24, 2.45) is 5.92 Å². The lowest BCUT2D eigenvalue weighted by Gasteiger charge is -2.21. The number of amides is 1. The number of thiophene rings is 1. The van der Waals surface area contributed by atoms with Gasteiger partial charge in [-0.3, -0.25) is 4.79 Å². The molecule has 5 nitrogen and oxygen atoms in total. The fourth-order valence-corrected chi connectivity index (χ4v) is 4.66. The number of unbranched alkanes of at least 4 members (excludes halogenated alkanes) is 1. The number of hydrogen-bond donors (Lipinski definition) is 2. The molecule has 1 aliphatic heterocycles. The van der Waals surface area contributed by atoms with E-state index >= 15 is 0 Å². The second-order valence-electron chi connectivity index (χ2n) is 8.48. The molecular formula is C27H31NO4S. The van der Waals surface area contributed by atoms with Crippen LogP contribution in [0.5, 0.6) is 0 Å². The minimum atomic E-state index is -0.961. The first-order valence-electron chi connectivity index (χ1n) is 11.5. The van der Waals surface area contributed by atoms with Gasteiger partial charge >= 0.3 is 5.97 Å². The lowest BCUT2D eigenvalue weighted by atomic mass is 9.95. The van der Waals surface area contributed by atoms with Gasteiger partial charge in [0.25, 0.3) is 0 Å². The Kier molecular flexibility index (Phi) is 9.29. The Bertz CT molecular complexity index is 1020. The number of rotatable bonds is 10. The van der Waals surface area contributed by atoms with Gasteiger partial charge in [-0.25, -0.2) is 4.79 Å². The molecule has 2 heterocycles. The quantitative estimate of drug-likeness (QED) is 0.301. The minimum Gasteiger partial charge on any atom is -0.477 e. The Labute approximate surface area is 199 Å². The van der Waals surface area contributed by atoms with Crippen LogP contribution < -0.4 is 0 Å². The Morgan fingerprint density at radius 3 is 2.76 bits per heavy atom. The van der Waals surface area contributed by atoms with E-state index in [4.69, 9.17) is 5.11 Å². The van der Waals surface area contributed by atoms with Crippen molar-refractivity contribution in [3.05, 3.63) is 69.9 Å². The van der Waals surface area contributed by atoms with Crippen LogP contribution in [0.4, 0.5) is 0 Å². The van der Waals surface area contributed by atoms with Gasteiger partial charge < -0.3 is 15.1 Å². The molecule has 0 aliphatic carbocycles. The van der Waals surface area contributed by atoms with Crippen molar-refractivity contribution >= 4 is 23.2 Å². The van der Waals surface area contributed by atoms with Gasteiger partial charge in [0.05, 0.1) is 23.6 Å². The van der Waals surface area contributed by atoms with Gasteiger partial charge in [0, 0.05) is 6.42 Å². The summed E-state index contributed by atoms with van der Waals surface area (Å²) in [5, 5.41) is 19.6. The van der Waals surface area contributed by atoms with Crippen LogP contribution >= 0.6 is 11.3 Å². The lowest BCUT2D eigenvalue weighted by molar-refractivity contribution is -0.127. The van der Waals surface area contributed by atoms with Gasteiger partial charge in [0.1, 0.15) is 4.88 Å². The van der Waals surface area contributed by atoms with Crippen molar-refractivity contribution in [1.82, 2.24) is 4.90 Å². The average Bonchev–Trinajstić information content (AvgIpc) is 3.43. The molecular weight excluding hydrogens is 434 g/mol. The third-order valence-corrected chi connectivity index (χ3v) is 6.97. The van der Waals surface area contributed by atoms with Crippen LogP contribution in [-0.4, -0.2) is 45.7 Å². The number of carbonyl (C=O) groups is 2. The zero-order valence-electron chi connectivity index (χ0n) is 18.9. The van der Waals surface area contributed by atoms with Crippen molar-refractivity contribution in [3.63, 3.8) is 0 Å². The number of aliphatic hydroxyl groups is 1. The third-order valence-electron chi connectivity index (χ3n) is 5.98. The zero-order valence-corrected chi connectivity index (χ0v) is 19.8. The maximum Gasteiger partial charge on any atom is 0.345 e. The molecule has 1 fully saturated rings. The monoisotopic (exact) mass is 465 g/mol. The van der Waals surface area contributed by atoms with Crippen molar-refractivity contribution in [1.29, 1.82) is 0 Å². The zero-order chi connectivity index (χ0) is 23.6. The van der Waals surface area contributed by atoms with Crippen molar-refractivity contribution in [3.8, 4) is 11.8 Å². The molecule has 174 valence electrons. The smallest absolute Gasteiger partial charge is 0.345 e. The van der Waals surface area contributed by atoms with Crippen LogP contribution in [0.25, 0.3) is 0 Å². The van der Waals surface area contributed by atoms with E-state index < -0.39 is 12.1 Å². The third kappa shape index (κ3) is 7.59. The molecule has 0 radical (unpaired) electrons. The number of aromatic carboxylic acids is 1. The second kappa shape index (κ2) is 12.4. The summed E-state index contributed by atoms with van der Waals surface area (Å²) in [6, 6.07) is 13.6. The van der Waals surface area contributed by atoms with Crippen LogP contribution in [0.1, 0.15) is 59.1 Å². The Hall–Kier alpha value is -2.88. The number of likely N-dealkylation sites (tertiary alicyclic amines) is 1. The number of carboxylic acid groups (broad SMARTS) is 1. The highest BCUT2D eigenvalue weighted by molar-refractivity contribution is 7.14. The van der Waals surface area contributed by atoms with E-state index in [2.05, 4.69) is 43.0 Å². The molecule has 0 unspecified atom stereocenters. The van der Waals surface area contributed by atoms with Gasteiger partial charge in [0.15, 0.2) is 0 Å². The number of carbonyl (C=O) groups excluding carboxylic acids is 1. The maximum absolute atomic E-state index is 12.3. The van der Waals surface area contributed by atoms with Gasteiger partial charge in [0.2, 0.25) is 5.91 Å². The Balaban J connectivity index is 1.45. The summed E-state index contributed by atoms with van der Waals surface area (Å²) in [7, 11) is 0. The number of nitrogens with zero attached hydrogens (tertiary/aromatic N) is 1. The van der Waals surface area contributed by atoms with Crippen LogP contribution in [0.3, 0.4) is 0 Å². The van der Waals surface area contributed by atoms with Crippen LogP contribution in [-0.2, 0) is 11.2 Å². The first-order valence-corrected chi connectivity index (χ1v) is 12.3. The van der Waals surface area contributed by atoms with E-state index in [9.17, 15) is 14.7 Å².